The molecule has 3 aliphatic rings. The molecular formula is C29H37ClN2O5S. The van der Waals surface area contributed by atoms with Gasteiger partial charge in [-0.15, -0.1) is 24.9 Å². The Morgan fingerprint density at radius 1 is 1.32 bits per heavy atom. The van der Waals surface area contributed by atoms with Crippen LogP contribution in [0.1, 0.15) is 39.5 Å². The van der Waals surface area contributed by atoms with Crippen LogP contribution in [0.3, 0.4) is 0 Å². The smallest absolute Gasteiger partial charge is 0.310 e. The van der Waals surface area contributed by atoms with Gasteiger partial charge in [0.05, 0.1) is 46.5 Å². The van der Waals surface area contributed by atoms with Crippen molar-refractivity contribution in [3.05, 3.63) is 54.6 Å². The summed E-state index contributed by atoms with van der Waals surface area (Å²) in [6, 6.07) is 5.67. The van der Waals surface area contributed by atoms with Crippen LogP contribution in [0.25, 0.3) is 0 Å². The first kappa shape index (κ1) is 28.7. The number of unbranched alkanes of at least 4 members (excludes halogenated alkanes) is 1. The Bertz CT molecular complexity index is 1100. The number of amides is 2. The van der Waals surface area contributed by atoms with E-state index in [0.717, 1.165) is 12.8 Å². The number of likely N-dealkylation sites (tertiary alicyclic amines) is 1. The Morgan fingerprint density at radius 3 is 2.68 bits per heavy atom. The van der Waals surface area contributed by atoms with Crippen molar-refractivity contribution >= 4 is 46.8 Å². The van der Waals surface area contributed by atoms with Gasteiger partial charge in [0.15, 0.2) is 0 Å². The van der Waals surface area contributed by atoms with Gasteiger partial charge in [-0.2, -0.15) is 0 Å². The maximum Gasteiger partial charge on any atom is 0.310 e. The SMILES string of the molecule is C=CCCCOC(=O)[C@@H]1[C@H]2C(=O)N([C@@H](CO)C(C)C)C(C(=O)N(CC=C)c3ccccc3Cl)C23CC[C@H]1S3. The first-order valence-electron chi connectivity index (χ1n) is 13.3. The third-order valence-corrected chi connectivity index (χ3v) is 10.3. The van der Waals surface area contributed by atoms with E-state index in [4.69, 9.17) is 16.3 Å². The van der Waals surface area contributed by atoms with Crippen LogP contribution in [0.5, 0.6) is 0 Å². The van der Waals surface area contributed by atoms with Crippen LogP contribution in [0.2, 0.25) is 5.02 Å². The molecule has 206 valence electrons. The second-order valence-electron chi connectivity index (χ2n) is 10.6. The van der Waals surface area contributed by atoms with Crippen LogP contribution in [0.15, 0.2) is 49.6 Å². The lowest BCUT2D eigenvalue weighted by molar-refractivity contribution is -0.154. The van der Waals surface area contributed by atoms with E-state index in [1.807, 2.05) is 19.9 Å². The molecule has 2 amide bonds. The molecule has 1 aromatic rings. The number of hydrogen-bond acceptors (Lipinski definition) is 6. The molecule has 2 unspecified atom stereocenters. The third kappa shape index (κ3) is 4.80. The average molecular weight is 561 g/mol. The monoisotopic (exact) mass is 560 g/mol. The highest BCUT2D eigenvalue weighted by atomic mass is 35.5. The van der Waals surface area contributed by atoms with Gasteiger partial charge in [-0.3, -0.25) is 14.4 Å². The summed E-state index contributed by atoms with van der Waals surface area (Å²) in [5, 5.41) is 10.7. The summed E-state index contributed by atoms with van der Waals surface area (Å²) in [7, 11) is 0. The van der Waals surface area contributed by atoms with Crippen molar-refractivity contribution in [1.29, 1.82) is 0 Å². The van der Waals surface area contributed by atoms with Gasteiger partial charge in [-0.05, 0) is 43.7 Å². The molecule has 2 bridgehead atoms. The van der Waals surface area contributed by atoms with Crippen molar-refractivity contribution in [2.45, 2.75) is 61.6 Å². The molecule has 1 aromatic carbocycles. The van der Waals surface area contributed by atoms with Gasteiger partial charge in [-0.25, -0.2) is 0 Å². The second kappa shape index (κ2) is 11.8. The van der Waals surface area contributed by atoms with Crippen LogP contribution in [0.4, 0.5) is 5.69 Å². The summed E-state index contributed by atoms with van der Waals surface area (Å²) in [4.78, 5) is 45.3. The van der Waals surface area contributed by atoms with E-state index in [1.54, 1.807) is 51.9 Å². The number of carbonyl (C=O) groups is 3. The van der Waals surface area contributed by atoms with Gasteiger partial charge < -0.3 is 19.6 Å². The molecule has 9 heteroatoms. The number of fused-ring (bicyclic) bond motifs is 1. The molecule has 3 aliphatic heterocycles. The summed E-state index contributed by atoms with van der Waals surface area (Å²) < 4.78 is 4.84. The van der Waals surface area contributed by atoms with Crippen LogP contribution in [-0.4, -0.2) is 69.6 Å². The van der Waals surface area contributed by atoms with E-state index >= 15 is 0 Å². The molecule has 3 heterocycles. The Balaban J connectivity index is 1.76. The number of halogens is 1. The summed E-state index contributed by atoms with van der Waals surface area (Å²) >= 11 is 8.09. The number of hydrogen-bond donors (Lipinski definition) is 1. The Morgan fingerprint density at radius 2 is 2.05 bits per heavy atom. The van der Waals surface area contributed by atoms with Gasteiger partial charge in [0.1, 0.15) is 6.04 Å². The van der Waals surface area contributed by atoms with E-state index in [1.165, 1.54) is 0 Å². The number of rotatable bonds is 12. The van der Waals surface area contributed by atoms with Gasteiger partial charge in [0.2, 0.25) is 5.91 Å². The highest BCUT2D eigenvalue weighted by Gasteiger charge is 2.75. The minimum Gasteiger partial charge on any atom is -0.465 e. The molecule has 1 spiro atoms. The van der Waals surface area contributed by atoms with Crippen molar-refractivity contribution < 1.29 is 24.2 Å². The Hall–Kier alpha value is -2.29. The van der Waals surface area contributed by atoms with E-state index in [9.17, 15) is 19.5 Å². The topological polar surface area (TPSA) is 87.1 Å². The fraction of sp³-hybridized carbons (Fsp3) is 0.552. The molecule has 6 atom stereocenters. The zero-order valence-electron chi connectivity index (χ0n) is 22.1. The highest BCUT2D eigenvalue weighted by molar-refractivity contribution is 8.02. The lowest BCUT2D eigenvalue weighted by Crippen LogP contribution is -2.58. The zero-order chi connectivity index (χ0) is 27.6. The van der Waals surface area contributed by atoms with Crippen molar-refractivity contribution in [2.75, 3.05) is 24.7 Å². The number of carbonyl (C=O) groups excluding carboxylic acids is 3. The van der Waals surface area contributed by atoms with E-state index in [2.05, 4.69) is 13.2 Å². The molecule has 0 radical (unpaired) electrons. The zero-order valence-corrected chi connectivity index (χ0v) is 23.6. The quantitative estimate of drug-likeness (QED) is 0.230. The summed E-state index contributed by atoms with van der Waals surface area (Å²) in [6.45, 7) is 11.6. The second-order valence-corrected chi connectivity index (χ2v) is 12.6. The number of thioether (sulfide) groups is 1. The van der Waals surface area contributed by atoms with E-state index in [0.29, 0.717) is 23.6 Å². The van der Waals surface area contributed by atoms with Gasteiger partial charge in [-0.1, -0.05) is 49.7 Å². The number of aliphatic hydroxyl groups excluding tert-OH is 1. The number of para-hydroxylation sites is 1. The van der Waals surface area contributed by atoms with Gasteiger partial charge in [0.25, 0.3) is 5.91 Å². The van der Waals surface area contributed by atoms with Crippen molar-refractivity contribution in [3.8, 4) is 0 Å². The summed E-state index contributed by atoms with van der Waals surface area (Å²) in [5.41, 5.74) is 0.534. The van der Waals surface area contributed by atoms with Crippen molar-refractivity contribution in [2.24, 2.45) is 17.8 Å². The number of esters is 1. The molecule has 3 saturated heterocycles. The lowest BCUT2D eigenvalue weighted by Gasteiger charge is -2.40. The van der Waals surface area contributed by atoms with Crippen LogP contribution < -0.4 is 4.90 Å². The number of aliphatic hydroxyl groups is 1. The Kier molecular flexibility index (Phi) is 8.95. The standard InChI is InChI=1S/C29H37ClN2O5S/c1-5-7-10-16-37-28(36)23-22-13-14-29(38-22)24(23)26(34)32(21(17-33)18(3)4)25(29)27(35)31(15-6-2)20-12-9-8-11-19(20)30/h5-6,8-9,11-12,18,21-25,33H,1-2,7,10,13-17H2,3-4H3/t21-,22+,23-,24-,25?,29?/m0/s1. The molecular weight excluding hydrogens is 524 g/mol. The fourth-order valence-electron chi connectivity index (χ4n) is 6.37. The minimum absolute atomic E-state index is 0.0897. The summed E-state index contributed by atoms with van der Waals surface area (Å²) in [5.74, 6) is -2.31. The van der Waals surface area contributed by atoms with E-state index in [-0.39, 0.29) is 48.7 Å². The average Bonchev–Trinajstić information content (AvgIpc) is 3.53. The maximum absolute atomic E-state index is 14.5. The number of allylic oxidation sites excluding steroid dienone is 1. The molecule has 38 heavy (non-hydrogen) atoms. The first-order valence-corrected chi connectivity index (χ1v) is 14.5. The largest absolute Gasteiger partial charge is 0.465 e. The summed E-state index contributed by atoms with van der Waals surface area (Å²) in [6.07, 6.45) is 6.17. The molecule has 7 nitrogen and oxygen atoms in total. The highest BCUT2D eigenvalue weighted by Crippen LogP contribution is 2.67. The Labute approximate surface area is 234 Å². The fourth-order valence-corrected chi connectivity index (χ4v) is 8.79. The van der Waals surface area contributed by atoms with Crippen molar-refractivity contribution in [1.82, 2.24) is 4.90 Å². The molecule has 0 saturated carbocycles. The third-order valence-electron chi connectivity index (χ3n) is 8.08. The minimum atomic E-state index is -0.857. The lowest BCUT2D eigenvalue weighted by atomic mass is 9.71. The van der Waals surface area contributed by atoms with Crippen LogP contribution in [-0.2, 0) is 19.1 Å². The molecule has 0 aliphatic carbocycles. The van der Waals surface area contributed by atoms with Crippen LogP contribution in [0, 0.1) is 17.8 Å². The molecule has 3 fully saturated rings. The van der Waals surface area contributed by atoms with Crippen LogP contribution >= 0.6 is 23.4 Å². The number of nitrogens with zero attached hydrogens (tertiary/aromatic N) is 2. The first-order chi connectivity index (χ1) is 18.2. The van der Waals surface area contributed by atoms with Gasteiger partial charge in [0, 0.05) is 11.8 Å². The normalized spacial score (nSPS) is 28.3. The van der Waals surface area contributed by atoms with Crippen molar-refractivity contribution in [3.63, 3.8) is 0 Å². The molecule has 0 aromatic heterocycles. The number of anilines is 1. The predicted molar refractivity (Wildman–Crippen MR) is 151 cm³/mol. The molecule has 4 rings (SSSR count). The maximum atomic E-state index is 14.5. The van der Waals surface area contributed by atoms with E-state index < -0.39 is 28.7 Å². The number of benzene rings is 1. The number of ether oxygens (including phenoxy) is 1. The van der Waals surface area contributed by atoms with Gasteiger partial charge >= 0.3 is 5.97 Å². The predicted octanol–water partition coefficient (Wildman–Crippen LogP) is 4.48. The molecule has 1 N–H and O–H groups in total.